The Morgan fingerprint density at radius 2 is 1.44 bits per heavy atom. The zero-order valence-electron chi connectivity index (χ0n) is 14.4. The van der Waals surface area contributed by atoms with Gasteiger partial charge in [0, 0.05) is 11.8 Å². The number of nitrogens with zero attached hydrogens (tertiary/aromatic N) is 2. The van der Waals surface area contributed by atoms with Crippen LogP contribution in [0.3, 0.4) is 0 Å². The molecule has 1 aromatic carbocycles. The summed E-state index contributed by atoms with van der Waals surface area (Å²) >= 11 is 0. The quantitative estimate of drug-likeness (QED) is 0.778. The number of aromatic nitrogens is 2. The molecule has 1 aromatic heterocycles. The molecule has 132 valence electrons. The van der Waals surface area contributed by atoms with Crippen LogP contribution < -0.4 is 5.59 Å². The van der Waals surface area contributed by atoms with Crippen LogP contribution >= 0.6 is 0 Å². The minimum absolute atomic E-state index is 0.481. The highest BCUT2D eigenvalue weighted by Gasteiger charge is 2.52. The summed E-state index contributed by atoms with van der Waals surface area (Å²) in [7, 11) is -0.626. The van der Waals surface area contributed by atoms with Crippen molar-refractivity contribution in [1.82, 2.24) is 9.97 Å². The first kappa shape index (κ1) is 17.9. The summed E-state index contributed by atoms with van der Waals surface area (Å²) in [6, 6.07) is 4.81. The van der Waals surface area contributed by atoms with Gasteiger partial charge in [-0.1, -0.05) is 12.1 Å². The van der Waals surface area contributed by atoms with Crippen LogP contribution in [0.2, 0.25) is 0 Å². The van der Waals surface area contributed by atoms with Gasteiger partial charge in [-0.3, -0.25) is 9.97 Å². The van der Waals surface area contributed by atoms with Crippen molar-refractivity contribution >= 4 is 12.7 Å². The SMILES string of the molecule is CC1(C)OB(c2cnc(-c3ccc(C(F)(F)F)cc3)cn2)OC1(C)C. The molecule has 8 heteroatoms. The summed E-state index contributed by atoms with van der Waals surface area (Å²) in [5.41, 5.74) is -0.0982. The van der Waals surface area contributed by atoms with E-state index in [1.165, 1.54) is 24.5 Å². The Morgan fingerprint density at radius 1 is 0.880 bits per heavy atom. The molecule has 3 rings (SSSR count). The molecule has 0 saturated carbocycles. The van der Waals surface area contributed by atoms with Crippen LogP contribution in [0.1, 0.15) is 33.3 Å². The normalized spacial score (nSPS) is 19.2. The molecule has 0 unspecified atom stereocenters. The summed E-state index contributed by atoms with van der Waals surface area (Å²) in [6.45, 7) is 7.77. The Morgan fingerprint density at radius 3 is 1.88 bits per heavy atom. The lowest BCUT2D eigenvalue weighted by Gasteiger charge is -2.32. The molecular weight excluding hydrogens is 332 g/mol. The van der Waals surface area contributed by atoms with E-state index >= 15 is 0 Å². The number of halogens is 3. The van der Waals surface area contributed by atoms with Gasteiger partial charge in [-0.2, -0.15) is 13.2 Å². The lowest BCUT2D eigenvalue weighted by Crippen LogP contribution is -2.41. The summed E-state index contributed by atoms with van der Waals surface area (Å²) in [4.78, 5) is 8.58. The zero-order chi connectivity index (χ0) is 18.5. The Balaban J connectivity index is 1.79. The lowest BCUT2D eigenvalue weighted by molar-refractivity contribution is -0.137. The minimum atomic E-state index is -4.36. The van der Waals surface area contributed by atoms with E-state index in [1.54, 1.807) is 0 Å². The third-order valence-corrected chi connectivity index (χ3v) is 4.67. The second-order valence-electron chi connectivity index (χ2n) is 6.99. The first-order valence-corrected chi connectivity index (χ1v) is 7.85. The summed E-state index contributed by atoms with van der Waals surface area (Å²) in [5, 5.41) is 0. The maximum Gasteiger partial charge on any atom is 0.516 e. The second-order valence-corrected chi connectivity index (χ2v) is 6.99. The van der Waals surface area contributed by atoms with Gasteiger partial charge in [-0.05, 0) is 39.8 Å². The standard InChI is InChI=1S/C17H18BF3N2O2/c1-15(2)16(3,4)25-18(24-15)14-10-22-13(9-23-14)11-5-7-12(8-6-11)17(19,20)21/h5-10H,1-4H3. The maximum absolute atomic E-state index is 12.6. The molecule has 4 nitrogen and oxygen atoms in total. The van der Waals surface area contributed by atoms with Gasteiger partial charge in [0.1, 0.15) is 0 Å². The predicted molar refractivity (Wildman–Crippen MR) is 88.2 cm³/mol. The fraction of sp³-hybridized carbons (Fsp3) is 0.412. The first-order valence-electron chi connectivity index (χ1n) is 7.85. The molecule has 0 amide bonds. The van der Waals surface area contributed by atoms with Gasteiger partial charge in [-0.25, -0.2) is 0 Å². The van der Waals surface area contributed by atoms with Gasteiger partial charge in [0.15, 0.2) is 0 Å². The van der Waals surface area contributed by atoms with Gasteiger partial charge < -0.3 is 9.31 Å². The monoisotopic (exact) mass is 350 g/mol. The van der Waals surface area contributed by atoms with E-state index in [9.17, 15) is 13.2 Å². The number of alkyl halides is 3. The number of rotatable bonds is 2. The lowest BCUT2D eigenvalue weighted by atomic mass is 9.85. The van der Waals surface area contributed by atoms with Gasteiger partial charge in [0.2, 0.25) is 0 Å². The fourth-order valence-electron chi connectivity index (χ4n) is 2.40. The predicted octanol–water partition coefficient (Wildman–Crippen LogP) is 3.46. The smallest absolute Gasteiger partial charge is 0.398 e. The highest BCUT2D eigenvalue weighted by atomic mass is 19.4. The molecule has 2 heterocycles. The molecule has 1 saturated heterocycles. The van der Waals surface area contributed by atoms with E-state index in [-0.39, 0.29) is 0 Å². The summed E-state index contributed by atoms with van der Waals surface area (Å²) in [5.74, 6) is 0. The van der Waals surface area contributed by atoms with Gasteiger partial charge in [0.05, 0.1) is 34.2 Å². The number of hydrogen-bond acceptors (Lipinski definition) is 4. The van der Waals surface area contributed by atoms with Crippen LogP contribution in [0.15, 0.2) is 36.7 Å². The molecule has 1 aliphatic heterocycles. The largest absolute Gasteiger partial charge is 0.516 e. The van der Waals surface area contributed by atoms with E-state index in [2.05, 4.69) is 9.97 Å². The maximum atomic E-state index is 12.6. The van der Waals surface area contributed by atoms with Crippen LogP contribution in [0.25, 0.3) is 11.3 Å². The highest BCUT2D eigenvalue weighted by Crippen LogP contribution is 2.36. The molecular formula is C17H18BF3N2O2. The molecule has 0 N–H and O–H groups in total. The molecule has 0 aliphatic carbocycles. The van der Waals surface area contributed by atoms with E-state index < -0.39 is 30.1 Å². The Kier molecular flexibility index (Phi) is 4.16. The van der Waals surface area contributed by atoms with Crippen LogP contribution in [-0.2, 0) is 15.5 Å². The van der Waals surface area contributed by atoms with E-state index in [4.69, 9.17) is 9.31 Å². The van der Waals surface area contributed by atoms with Crippen molar-refractivity contribution < 1.29 is 22.5 Å². The van der Waals surface area contributed by atoms with Crippen molar-refractivity contribution in [1.29, 1.82) is 0 Å². The van der Waals surface area contributed by atoms with E-state index in [1.807, 2.05) is 27.7 Å². The highest BCUT2D eigenvalue weighted by molar-refractivity contribution is 6.61. The van der Waals surface area contributed by atoms with E-state index in [0.717, 1.165) is 12.1 Å². The van der Waals surface area contributed by atoms with Crippen molar-refractivity contribution in [3.8, 4) is 11.3 Å². The van der Waals surface area contributed by atoms with Crippen LogP contribution in [0, 0.1) is 0 Å². The van der Waals surface area contributed by atoms with Gasteiger partial charge >= 0.3 is 13.3 Å². The molecule has 1 aliphatic rings. The third kappa shape index (κ3) is 3.41. The van der Waals surface area contributed by atoms with Crippen LogP contribution in [0.5, 0.6) is 0 Å². The van der Waals surface area contributed by atoms with Crippen LogP contribution in [0.4, 0.5) is 13.2 Å². The topological polar surface area (TPSA) is 44.2 Å². The van der Waals surface area contributed by atoms with Crippen molar-refractivity contribution in [2.45, 2.75) is 45.1 Å². The molecule has 25 heavy (non-hydrogen) atoms. The molecule has 0 spiro atoms. The Hall–Kier alpha value is -1.93. The zero-order valence-corrected chi connectivity index (χ0v) is 14.4. The average molecular weight is 350 g/mol. The Bertz CT molecular complexity index is 743. The Labute approximate surface area is 144 Å². The van der Waals surface area contributed by atoms with E-state index in [0.29, 0.717) is 16.9 Å². The molecule has 0 radical (unpaired) electrons. The molecule has 0 bridgehead atoms. The minimum Gasteiger partial charge on any atom is -0.398 e. The molecule has 0 atom stereocenters. The third-order valence-electron chi connectivity index (χ3n) is 4.67. The fourth-order valence-corrected chi connectivity index (χ4v) is 2.40. The molecule has 1 fully saturated rings. The second kappa shape index (κ2) is 5.81. The summed E-state index contributed by atoms with van der Waals surface area (Å²) < 4.78 is 49.7. The van der Waals surface area contributed by atoms with Gasteiger partial charge in [-0.15, -0.1) is 0 Å². The number of benzene rings is 1. The van der Waals surface area contributed by atoms with Crippen molar-refractivity contribution in [2.75, 3.05) is 0 Å². The van der Waals surface area contributed by atoms with Crippen molar-refractivity contribution in [3.63, 3.8) is 0 Å². The first-order chi connectivity index (χ1) is 11.5. The van der Waals surface area contributed by atoms with Crippen molar-refractivity contribution in [3.05, 3.63) is 42.2 Å². The van der Waals surface area contributed by atoms with Crippen molar-refractivity contribution in [2.24, 2.45) is 0 Å². The van der Waals surface area contributed by atoms with Gasteiger partial charge in [0.25, 0.3) is 0 Å². The average Bonchev–Trinajstić information content (AvgIpc) is 2.75. The number of hydrogen-bond donors (Lipinski definition) is 0. The molecule has 2 aromatic rings. The summed E-state index contributed by atoms with van der Waals surface area (Å²) in [6.07, 6.45) is -1.33. The van der Waals surface area contributed by atoms with Crippen LogP contribution in [-0.4, -0.2) is 28.3 Å².